The second-order valence-corrected chi connectivity index (χ2v) is 3.21. The summed E-state index contributed by atoms with van der Waals surface area (Å²) in [5.41, 5.74) is 10.7. The lowest BCUT2D eigenvalue weighted by atomic mass is 10.1. The molecule has 17 heavy (non-hydrogen) atoms. The van der Waals surface area contributed by atoms with Crippen LogP contribution in [0, 0.1) is 0 Å². The van der Waals surface area contributed by atoms with Crippen molar-refractivity contribution in [2.45, 2.75) is 19.1 Å². The Morgan fingerprint density at radius 3 is 2.65 bits per heavy atom. The number of esters is 1. The number of aliphatic hydroxyl groups excluding tert-OH is 2. The summed E-state index contributed by atoms with van der Waals surface area (Å²) < 4.78 is 4.55. The standard InChI is InChI=1S/C9H14N4O4/c1-2-17-9(16)6(15)5(14)4-3-12-7(10)8(11)13-4/h3,5-6,14-15H,2H2,1H3,(H2,10,12)(H2,11,13). The first-order valence-electron chi connectivity index (χ1n) is 4.88. The van der Waals surface area contributed by atoms with Crippen LogP contribution in [0.4, 0.5) is 11.6 Å². The lowest BCUT2D eigenvalue weighted by Gasteiger charge is -2.15. The van der Waals surface area contributed by atoms with Gasteiger partial charge in [-0.05, 0) is 6.92 Å². The smallest absolute Gasteiger partial charge is 0.338 e. The minimum absolute atomic E-state index is 0.00609. The molecule has 2 unspecified atom stereocenters. The van der Waals surface area contributed by atoms with Gasteiger partial charge in [-0.1, -0.05) is 0 Å². The first kappa shape index (κ1) is 13.1. The van der Waals surface area contributed by atoms with E-state index in [-0.39, 0.29) is 23.9 Å². The zero-order valence-electron chi connectivity index (χ0n) is 9.20. The van der Waals surface area contributed by atoms with Crippen LogP contribution in [-0.4, -0.2) is 38.9 Å². The van der Waals surface area contributed by atoms with Gasteiger partial charge in [0, 0.05) is 0 Å². The molecule has 1 heterocycles. The average Bonchev–Trinajstić information content (AvgIpc) is 2.31. The van der Waals surface area contributed by atoms with Crippen LogP contribution in [0.5, 0.6) is 0 Å². The number of carbonyl (C=O) groups excluding carboxylic acids is 1. The number of aromatic nitrogens is 2. The van der Waals surface area contributed by atoms with Crippen LogP contribution in [0.2, 0.25) is 0 Å². The van der Waals surface area contributed by atoms with Crippen LogP contribution >= 0.6 is 0 Å². The highest BCUT2D eigenvalue weighted by atomic mass is 16.5. The van der Waals surface area contributed by atoms with E-state index in [0.29, 0.717) is 0 Å². The zero-order valence-corrected chi connectivity index (χ0v) is 9.20. The molecule has 8 heteroatoms. The summed E-state index contributed by atoms with van der Waals surface area (Å²) in [5.74, 6) is -1.03. The second-order valence-electron chi connectivity index (χ2n) is 3.21. The molecule has 6 N–H and O–H groups in total. The summed E-state index contributed by atoms with van der Waals surface area (Å²) >= 11 is 0. The molecule has 0 aliphatic rings. The first-order valence-corrected chi connectivity index (χ1v) is 4.88. The molecular weight excluding hydrogens is 228 g/mol. The number of hydrogen-bond donors (Lipinski definition) is 4. The van der Waals surface area contributed by atoms with Crippen molar-refractivity contribution in [3.63, 3.8) is 0 Å². The molecule has 0 amide bonds. The van der Waals surface area contributed by atoms with E-state index in [1.165, 1.54) is 0 Å². The summed E-state index contributed by atoms with van der Waals surface area (Å²) in [6.07, 6.45) is -2.18. The van der Waals surface area contributed by atoms with Crippen molar-refractivity contribution < 1.29 is 19.7 Å². The molecule has 0 aliphatic heterocycles. The van der Waals surface area contributed by atoms with Crippen molar-refractivity contribution in [2.75, 3.05) is 18.1 Å². The number of carbonyl (C=O) groups is 1. The van der Waals surface area contributed by atoms with Crippen molar-refractivity contribution in [3.8, 4) is 0 Å². The predicted octanol–water partition coefficient (Wildman–Crippen LogP) is -1.40. The normalized spacial score (nSPS) is 14.1. The maximum absolute atomic E-state index is 11.2. The van der Waals surface area contributed by atoms with Gasteiger partial charge in [0.1, 0.15) is 6.10 Å². The Bertz CT molecular complexity index is 412. The number of ether oxygens (including phenoxy) is 1. The lowest BCUT2D eigenvalue weighted by Crippen LogP contribution is -2.30. The molecule has 0 spiro atoms. The fourth-order valence-electron chi connectivity index (χ4n) is 1.09. The number of rotatable bonds is 4. The highest BCUT2D eigenvalue weighted by Gasteiger charge is 2.28. The van der Waals surface area contributed by atoms with Gasteiger partial charge in [0.05, 0.1) is 18.5 Å². The topological polar surface area (TPSA) is 145 Å². The average molecular weight is 242 g/mol. The third-order valence-electron chi connectivity index (χ3n) is 1.98. The quantitative estimate of drug-likeness (QED) is 0.471. The Kier molecular flexibility index (Phi) is 4.18. The Labute approximate surface area is 97.2 Å². The van der Waals surface area contributed by atoms with Crippen LogP contribution in [-0.2, 0) is 9.53 Å². The van der Waals surface area contributed by atoms with Gasteiger partial charge in [-0.3, -0.25) is 0 Å². The van der Waals surface area contributed by atoms with E-state index < -0.39 is 18.2 Å². The molecule has 0 bridgehead atoms. The Morgan fingerprint density at radius 1 is 1.47 bits per heavy atom. The highest BCUT2D eigenvalue weighted by Crippen LogP contribution is 2.18. The molecule has 0 fully saturated rings. The molecule has 0 saturated carbocycles. The number of anilines is 2. The van der Waals surface area contributed by atoms with Crippen molar-refractivity contribution in [1.29, 1.82) is 0 Å². The molecule has 8 nitrogen and oxygen atoms in total. The number of aliphatic hydroxyl groups is 2. The molecule has 1 aromatic heterocycles. The number of hydrogen-bond acceptors (Lipinski definition) is 8. The predicted molar refractivity (Wildman–Crippen MR) is 58.5 cm³/mol. The molecular formula is C9H14N4O4. The van der Waals surface area contributed by atoms with Crippen molar-refractivity contribution in [2.24, 2.45) is 0 Å². The third-order valence-corrected chi connectivity index (χ3v) is 1.98. The molecule has 0 aromatic carbocycles. The Balaban J connectivity index is 2.84. The molecule has 0 saturated heterocycles. The molecule has 0 aliphatic carbocycles. The van der Waals surface area contributed by atoms with Gasteiger partial charge < -0.3 is 26.4 Å². The van der Waals surface area contributed by atoms with E-state index in [1.54, 1.807) is 6.92 Å². The largest absolute Gasteiger partial charge is 0.464 e. The minimum atomic E-state index is -1.74. The van der Waals surface area contributed by atoms with Crippen LogP contribution in [0.15, 0.2) is 6.20 Å². The molecule has 1 aromatic rings. The summed E-state index contributed by atoms with van der Waals surface area (Å²) in [7, 11) is 0. The number of nitrogens with zero attached hydrogens (tertiary/aromatic N) is 2. The van der Waals surface area contributed by atoms with Crippen LogP contribution in [0.1, 0.15) is 18.7 Å². The first-order chi connectivity index (χ1) is 7.97. The van der Waals surface area contributed by atoms with E-state index in [1.807, 2.05) is 0 Å². The lowest BCUT2D eigenvalue weighted by molar-refractivity contribution is -0.159. The summed E-state index contributed by atoms with van der Waals surface area (Å²) in [6.45, 7) is 1.68. The number of nitrogen functional groups attached to an aromatic ring is 2. The summed E-state index contributed by atoms with van der Waals surface area (Å²) in [5, 5.41) is 19.1. The monoisotopic (exact) mass is 242 g/mol. The summed E-state index contributed by atoms with van der Waals surface area (Å²) in [6, 6.07) is 0. The third kappa shape index (κ3) is 3.02. The second kappa shape index (κ2) is 5.41. The Morgan fingerprint density at radius 2 is 2.12 bits per heavy atom. The van der Waals surface area contributed by atoms with Gasteiger partial charge >= 0.3 is 5.97 Å². The zero-order chi connectivity index (χ0) is 13.0. The minimum Gasteiger partial charge on any atom is -0.464 e. The van der Waals surface area contributed by atoms with Crippen LogP contribution < -0.4 is 11.5 Å². The van der Waals surface area contributed by atoms with Crippen LogP contribution in [0.25, 0.3) is 0 Å². The molecule has 1 rings (SSSR count). The molecule has 94 valence electrons. The van der Waals surface area contributed by atoms with Crippen LogP contribution in [0.3, 0.4) is 0 Å². The van der Waals surface area contributed by atoms with E-state index in [2.05, 4.69) is 14.7 Å². The molecule has 0 radical (unpaired) electrons. The number of nitrogens with two attached hydrogens (primary N) is 2. The summed E-state index contributed by atoms with van der Waals surface area (Å²) in [4.78, 5) is 18.5. The van der Waals surface area contributed by atoms with Gasteiger partial charge in [0.15, 0.2) is 17.7 Å². The van der Waals surface area contributed by atoms with E-state index in [4.69, 9.17) is 11.5 Å². The Hall–Kier alpha value is -1.93. The van der Waals surface area contributed by atoms with Gasteiger partial charge in [-0.25, -0.2) is 14.8 Å². The van der Waals surface area contributed by atoms with E-state index in [0.717, 1.165) is 6.20 Å². The van der Waals surface area contributed by atoms with Crippen molar-refractivity contribution in [1.82, 2.24) is 9.97 Å². The van der Waals surface area contributed by atoms with Crippen molar-refractivity contribution in [3.05, 3.63) is 11.9 Å². The molecule has 2 atom stereocenters. The SMILES string of the molecule is CCOC(=O)C(O)C(O)c1cnc(N)c(N)n1. The van der Waals surface area contributed by atoms with Gasteiger partial charge in [0.2, 0.25) is 0 Å². The van der Waals surface area contributed by atoms with Gasteiger partial charge in [-0.2, -0.15) is 0 Å². The highest BCUT2D eigenvalue weighted by molar-refractivity contribution is 5.75. The van der Waals surface area contributed by atoms with E-state index >= 15 is 0 Å². The van der Waals surface area contributed by atoms with E-state index in [9.17, 15) is 15.0 Å². The van der Waals surface area contributed by atoms with Gasteiger partial charge in [0.25, 0.3) is 0 Å². The fraction of sp³-hybridized carbons (Fsp3) is 0.444. The fourth-order valence-corrected chi connectivity index (χ4v) is 1.09. The van der Waals surface area contributed by atoms with Crippen molar-refractivity contribution >= 4 is 17.6 Å². The maximum Gasteiger partial charge on any atom is 0.338 e. The maximum atomic E-state index is 11.2. The van der Waals surface area contributed by atoms with Gasteiger partial charge in [-0.15, -0.1) is 0 Å².